The molecule has 0 spiro atoms. The van der Waals surface area contributed by atoms with Crippen molar-refractivity contribution in [2.45, 2.75) is 27.0 Å². The second-order valence-electron chi connectivity index (χ2n) is 6.46. The number of aryl methyl sites for hydroxylation is 1. The van der Waals surface area contributed by atoms with Crippen molar-refractivity contribution in [3.05, 3.63) is 77.6 Å². The first-order chi connectivity index (χ1) is 14.1. The van der Waals surface area contributed by atoms with E-state index in [9.17, 15) is 4.79 Å². The van der Waals surface area contributed by atoms with E-state index in [1.54, 1.807) is 19.4 Å². The van der Waals surface area contributed by atoms with Gasteiger partial charge in [-0.15, -0.1) is 0 Å². The van der Waals surface area contributed by atoms with Crippen molar-refractivity contribution in [3.63, 3.8) is 0 Å². The first-order valence-electron chi connectivity index (χ1n) is 9.47. The number of methoxy groups -OCH3 is 1. The molecular weight excluding hydrogens is 366 g/mol. The predicted molar refractivity (Wildman–Crippen MR) is 114 cm³/mol. The Morgan fingerprint density at radius 1 is 1.21 bits per heavy atom. The van der Waals surface area contributed by atoms with Crippen LogP contribution in [-0.4, -0.2) is 22.8 Å². The highest BCUT2D eigenvalue weighted by Gasteiger charge is 2.08. The fraction of sp³-hybridized carbons (Fsp3) is 0.217. The maximum Gasteiger partial charge on any atom is 0.248 e. The van der Waals surface area contributed by atoms with E-state index in [0.717, 1.165) is 34.9 Å². The molecule has 3 rings (SSSR count). The van der Waals surface area contributed by atoms with E-state index < -0.39 is 0 Å². The Hall–Kier alpha value is -3.54. The Kier molecular flexibility index (Phi) is 6.68. The van der Waals surface area contributed by atoms with Crippen molar-refractivity contribution >= 4 is 17.7 Å². The van der Waals surface area contributed by atoms with Crippen LogP contribution in [-0.2, 0) is 17.9 Å². The first-order valence-corrected chi connectivity index (χ1v) is 9.47. The van der Waals surface area contributed by atoms with Crippen LogP contribution in [0.15, 0.2) is 60.8 Å². The average Bonchev–Trinajstić information content (AvgIpc) is 3.10. The molecule has 0 saturated carbocycles. The largest absolute Gasteiger partial charge is 0.496 e. The van der Waals surface area contributed by atoms with Crippen molar-refractivity contribution in [2.75, 3.05) is 12.4 Å². The number of para-hydroxylation sites is 1. The minimum absolute atomic E-state index is 0.207. The van der Waals surface area contributed by atoms with E-state index in [-0.39, 0.29) is 5.91 Å². The first kappa shape index (κ1) is 20.2. The summed E-state index contributed by atoms with van der Waals surface area (Å²) in [6.07, 6.45) is 4.93. The Labute approximate surface area is 170 Å². The Balaban J connectivity index is 1.68. The van der Waals surface area contributed by atoms with Crippen LogP contribution in [0.2, 0.25) is 0 Å². The highest BCUT2D eigenvalue weighted by atomic mass is 16.5. The molecule has 0 bridgehead atoms. The normalized spacial score (nSPS) is 10.9. The number of carbonyl (C=O) groups excluding carboxylic acids is 1. The zero-order valence-corrected chi connectivity index (χ0v) is 16.9. The fourth-order valence-electron chi connectivity index (χ4n) is 2.93. The number of carbonyl (C=O) groups is 1. The third kappa shape index (κ3) is 5.25. The standard InChI is InChI=1S/C23H25N3O3/c1-4-26-17(2)21(15-24-26)25-23(27)13-11-18-10-12-22(28-3)19(14-18)16-29-20-8-6-5-7-9-20/h5-15H,4,16H2,1-3H3,(H,25,27)/b13-11+. The van der Waals surface area contributed by atoms with Gasteiger partial charge in [-0.1, -0.05) is 24.3 Å². The molecule has 6 heteroatoms. The number of rotatable bonds is 8. The van der Waals surface area contributed by atoms with Crippen LogP contribution in [0.5, 0.6) is 11.5 Å². The van der Waals surface area contributed by atoms with E-state index in [1.807, 2.05) is 67.1 Å². The van der Waals surface area contributed by atoms with Gasteiger partial charge in [0.25, 0.3) is 0 Å². The molecule has 0 atom stereocenters. The van der Waals surface area contributed by atoms with E-state index >= 15 is 0 Å². The number of ether oxygens (including phenoxy) is 2. The van der Waals surface area contributed by atoms with Crippen molar-refractivity contribution < 1.29 is 14.3 Å². The van der Waals surface area contributed by atoms with Crippen LogP contribution < -0.4 is 14.8 Å². The van der Waals surface area contributed by atoms with Crippen molar-refractivity contribution in [1.82, 2.24) is 9.78 Å². The molecule has 0 radical (unpaired) electrons. The maximum absolute atomic E-state index is 12.3. The summed E-state index contributed by atoms with van der Waals surface area (Å²) >= 11 is 0. The van der Waals surface area contributed by atoms with E-state index in [1.165, 1.54) is 6.08 Å². The molecule has 1 heterocycles. The van der Waals surface area contributed by atoms with Crippen molar-refractivity contribution in [2.24, 2.45) is 0 Å². The Morgan fingerprint density at radius 3 is 2.69 bits per heavy atom. The van der Waals surface area contributed by atoms with Gasteiger partial charge in [-0.3, -0.25) is 9.48 Å². The average molecular weight is 391 g/mol. The molecule has 6 nitrogen and oxygen atoms in total. The molecule has 0 fully saturated rings. The highest BCUT2D eigenvalue weighted by Crippen LogP contribution is 2.23. The lowest BCUT2D eigenvalue weighted by molar-refractivity contribution is -0.111. The molecule has 150 valence electrons. The summed E-state index contributed by atoms with van der Waals surface area (Å²) < 4.78 is 13.1. The number of nitrogens with one attached hydrogen (secondary N) is 1. The number of anilines is 1. The molecule has 1 aromatic heterocycles. The van der Waals surface area contributed by atoms with Crippen LogP contribution in [0.25, 0.3) is 6.08 Å². The van der Waals surface area contributed by atoms with Crippen molar-refractivity contribution in [3.8, 4) is 11.5 Å². The second kappa shape index (κ2) is 9.59. The molecule has 0 aliphatic rings. The topological polar surface area (TPSA) is 65.4 Å². The summed E-state index contributed by atoms with van der Waals surface area (Å²) in [5, 5.41) is 7.09. The van der Waals surface area contributed by atoms with Gasteiger partial charge in [0.05, 0.1) is 24.7 Å². The van der Waals surface area contributed by atoms with Gasteiger partial charge in [0.2, 0.25) is 5.91 Å². The lowest BCUT2D eigenvalue weighted by Gasteiger charge is -2.11. The molecule has 0 aliphatic carbocycles. The number of amides is 1. The number of benzene rings is 2. The molecular formula is C23H25N3O3. The second-order valence-corrected chi connectivity index (χ2v) is 6.46. The maximum atomic E-state index is 12.3. The van der Waals surface area contributed by atoms with Crippen molar-refractivity contribution in [1.29, 1.82) is 0 Å². The van der Waals surface area contributed by atoms with Gasteiger partial charge in [0.15, 0.2) is 0 Å². The molecule has 1 amide bonds. The van der Waals surface area contributed by atoms with Crippen LogP contribution in [0.1, 0.15) is 23.7 Å². The van der Waals surface area contributed by atoms with Gasteiger partial charge < -0.3 is 14.8 Å². The summed E-state index contributed by atoms with van der Waals surface area (Å²) in [6.45, 7) is 5.07. The minimum Gasteiger partial charge on any atom is -0.496 e. The minimum atomic E-state index is -0.207. The highest BCUT2D eigenvalue weighted by molar-refractivity contribution is 6.02. The zero-order chi connectivity index (χ0) is 20.6. The number of aromatic nitrogens is 2. The summed E-state index contributed by atoms with van der Waals surface area (Å²) in [5.41, 5.74) is 3.43. The fourth-order valence-corrected chi connectivity index (χ4v) is 2.93. The van der Waals surface area contributed by atoms with Crippen LogP contribution >= 0.6 is 0 Å². The number of hydrogen-bond acceptors (Lipinski definition) is 4. The Bertz CT molecular complexity index is 994. The quantitative estimate of drug-likeness (QED) is 0.576. The predicted octanol–water partition coefficient (Wildman–Crippen LogP) is 4.45. The molecule has 0 aliphatic heterocycles. The van der Waals surface area contributed by atoms with E-state index in [4.69, 9.17) is 9.47 Å². The smallest absolute Gasteiger partial charge is 0.248 e. The SMILES string of the molecule is CCn1ncc(NC(=O)/C=C/c2ccc(OC)c(COc3ccccc3)c2)c1C. The third-order valence-corrected chi connectivity index (χ3v) is 4.53. The molecule has 0 unspecified atom stereocenters. The summed E-state index contributed by atoms with van der Waals surface area (Å²) in [4.78, 5) is 12.3. The lowest BCUT2D eigenvalue weighted by atomic mass is 10.1. The van der Waals surface area contributed by atoms with Crippen LogP contribution in [0, 0.1) is 6.92 Å². The van der Waals surface area contributed by atoms with Gasteiger partial charge in [0, 0.05) is 18.2 Å². The van der Waals surface area contributed by atoms with E-state index in [0.29, 0.717) is 12.3 Å². The molecule has 0 saturated heterocycles. The molecule has 3 aromatic rings. The van der Waals surface area contributed by atoms with Gasteiger partial charge >= 0.3 is 0 Å². The molecule has 2 aromatic carbocycles. The Morgan fingerprint density at radius 2 is 2.00 bits per heavy atom. The third-order valence-electron chi connectivity index (χ3n) is 4.53. The monoisotopic (exact) mass is 391 g/mol. The molecule has 29 heavy (non-hydrogen) atoms. The lowest BCUT2D eigenvalue weighted by Crippen LogP contribution is -2.09. The number of nitrogens with zero attached hydrogens (tertiary/aromatic N) is 2. The van der Waals surface area contributed by atoms with Gasteiger partial charge in [-0.05, 0) is 49.8 Å². The zero-order valence-electron chi connectivity index (χ0n) is 16.9. The van der Waals surface area contributed by atoms with Crippen LogP contribution in [0.3, 0.4) is 0 Å². The summed E-state index contributed by atoms with van der Waals surface area (Å²) in [6, 6.07) is 15.3. The number of hydrogen-bond donors (Lipinski definition) is 1. The summed E-state index contributed by atoms with van der Waals surface area (Å²) in [7, 11) is 1.63. The van der Waals surface area contributed by atoms with Crippen LogP contribution in [0.4, 0.5) is 5.69 Å². The van der Waals surface area contributed by atoms with Gasteiger partial charge in [0.1, 0.15) is 18.1 Å². The van der Waals surface area contributed by atoms with E-state index in [2.05, 4.69) is 10.4 Å². The summed E-state index contributed by atoms with van der Waals surface area (Å²) in [5.74, 6) is 1.32. The van der Waals surface area contributed by atoms with Gasteiger partial charge in [-0.2, -0.15) is 5.10 Å². The molecule has 1 N–H and O–H groups in total. The van der Waals surface area contributed by atoms with Gasteiger partial charge in [-0.25, -0.2) is 0 Å².